The van der Waals surface area contributed by atoms with Gasteiger partial charge in [-0.25, -0.2) is 4.79 Å². The van der Waals surface area contributed by atoms with Gasteiger partial charge in [0.05, 0.1) is 19.8 Å². The Hall–Kier alpha value is -2.15. The van der Waals surface area contributed by atoms with Crippen molar-refractivity contribution < 1.29 is 23.9 Å². The monoisotopic (exact) mass is 392 g/mol. The predicted octanol–water partition coefficient (Wildman–Crippen LogP) is 2.66. The molecule has 1 atom stereocenters. The molecule has 1 aromatic heterocycles. The van der Waals surface area contributed by atoms with E-state index in [1.807, 2.05) is 0 Å². The van der Waals surface area contributed by atoms with Crippen LogP contribution in [0.3, 0.4) is 0 Å². The van der Waals surface area contributed by atoms with Crippen LogP contribution in [0.5, 0.6) is 0 Å². The predicted molar refractivity (Wildman–Crippen MR) is 106 cm³/mol. The molecule has 1 aliphatic carbocycles. The molecule has 156 valence electrons. The van der Waals surface area contributed by atoms with E-state index in [1.165, 1.54) is 7.11 Å². The number of carbonyl (C=O) groups is 3. The lowest BCUT2D eigenvalue weighted by atomic mass is 9.98. The molecule has 0 N–H and O–H groups in total. The normalized spacial score (nSPS) is 15.5. The molecule has 0 radical (unpaired) electrons. The van der Waals surface area contributed by atoms with Gasteiger partial charge in [-0.15, -0.1) is 0 Å². The number of aromatic nitrogens is 1. The Morgan fingerprint density at radius 3 is 2.32 bits per heavy atom. The van der Waals surface area contributed by atoms with Gasteiger partial charge in [-0.05, 0) is 39.2 Å². The number of esters is 1. The van der Waals surface area contributed by atoms with Crippen molar-refractivity contribution in [2.45, 2.75) is 52.5 Å². The molecule has 1 aliphatic rings. The van der Waals surface area contributed by atoms with Gasteiger partial charge in [-0.2, -0.15) is 0 Å². The first-order valence-electron chi connectivity index (χ1n) is 9.84. The summed E-state index contributed by atoms with van der Waals surface area (Å²) in [6.45, 7) is 6.05. The molecule has 1 heterocycles. The van der Waals surface area contributed by atoms with Crippen LogP contribution in [-0.4, -0.2) is 60.5 Å². The number of methoxy groups -OCH3 is 2. The van der Waals surface area contributed by atoms with Gasteiger partial charge >= 0.3 is 5.97 Å². The number of rotatable bonds is 8. The van der Waals surface area contributed by atoms with Crippen LogP contribution in [0.15, 0.2) is 0 Å². The maximum atomic E-state index is 13.4. The van der Waals surface area contributed by atoms with E-state index in [0.717, 1.165) is 25.7 Å². The molecule has 0 saturated heterocycles. The Kier molecular flexibility index (Phi) is 7.41. The third-order valence-corrected chi connectivity index (χ3v) is 5.93. The van der Waals surface area contributed by atoms with Crippen LogP contribution in [0.25, 0.3) is 0 Å². The second-order valence-corrected chi connectivity index (χ2v) is 7.53. The first kappa shape index (κ1) is 22.1. The van der Waals surface area contributed by atoms with E-state index in [-0.39, 0.29) is 17.6 Å². The lowest BCUT2D eigenvalue weighted by Gasteiger charge is -2.30. The van der Waals surface area contributed by atoms with E-state index >= 15 is 0 Å². The van der Waals surface area contributed by atoms with Crippen molar-refractivity contribution >= 4 is 17.7 Å². The number of Topliss-reactive ketones (excluding diaryl/α,β-unsaturated/α-hetero) is 1. The van der Waals surface area contributed by atoms with Crippen LogP contribution in [0.2, 0.25) is 0 Å². The Morgan fingerprint density at radius 2 is 1.79 bits per heavy atom. The third-order valence-electron chi connectivity index (χ3n) is 5.93. The van der Waals surface area contributed by atoms with Crippen molar-refractivity contribution in [3.8, 4) is 0 Å². The van der Waals surface area contributed by atoms with E-state index in [2.05, 4.69) is 0 Å². The number of nitrogens with zero attached hydrogens (tertiary/aromatic N) is 2. The average molecular weight is 392 g/mol. The number of ketones is 1. The topological polar surface area (TPSA) is 77.8 Å². The second kappa shape index (κ2) is 9.37. The van der Waals surface area contributed by atoms with Crippen molar-refractivity contribution in [1.82, 2.24) is 9.47 Å². The highest BCUT2D eigenvalue weighted by atomic mass is 16.5. The third kappa shape index (κ3) is 4.14. The fourth-order valence-electron chi connectivity index (χ4n) is 4.17. The molecule has 0 aromatic carbocycles. The standard InChI is InChI=1S/C21H32N2O5/c1-13-17(14(2)22(4)18(13)21(26)28-6)19(24)15(3)23(11-12-27-5)20(25)16-9-7-8-10-16/h15-16H,7-12H2,1-6H3. The lowest BCUT2D eigenvalue weighted by Crippen LogP contribution is -2.47. The van der Waals surface area contributed by atoms with E-state index in [1.54, 1.807) is 44.4 Å². The van der Waals surface area contributed by atoms with Crippen LogP contribution in [0.4, 0.5) is 0 Å². The second-order valence-electron chi connectivity index (χ2n) is 7.53. The molecular weight excluding hydrogens is 360 g/mol. The molecule has 28 heavy (non-hydrogen) atoms. The Balaban J connectivity index is 2.36. The summed E-state index contributed by atoms with van der Waals surface area (Å²) in [5, 5.41) is 0. The van der Waals surface area contributed by atoms with Gasteiger partial charge in [0.25, 0.3) is 0 Å². The van der Waals surface area contributed by atoms with E-state index < -0.39 is 12.0 Å². The number of hydrogen-bond acceptors (Lipinski definition) is 5. The van der Waals surface area contributed by atoms with Gasteiger partial charge < -0.3 is 18.9 Å². The Morgan fingerprint density at radius 1 is 1.18 bits per heavy atom. The number of hydrogen-bond donors (Lipinski definition) is 0. The molecule has 1 fully saturated rings. The molecule has 0 spiro atoms. The van der Waals surface area contributed by atoms with Gasteiger partial charge in [0.15, 0.2) is 5.78 Å². The molecule has 1 unspecified atom stereocenters. The van der Waals surface area contributed by atoms with Crippen molar-refractivity contribution in [2.75, 3.05) is 27.4 Å². The van der Waals surface area contributed by atoms with Crippen LogP contribution in [0.1, 0.15) is 64.7 Å². The molecule has 1 aromatic rings. The summed E-state index contributed by atoms with van der Waals surface area (Å²) in [5.74, 6) is -0.637. The molecule has 0 aliphatic heterocycles. The molecular formula is C21H32N2O5. The summed E-state index contributed by atoms with van der Waals surface area (Å²) < 4.78 is 11.7. The largest absolute Gasteiger partial charge is 0.464 e. The lowest BCUT2D eigenvalue weighted by molar-refractivity contribution is -0.137. The summed E-state index contributed by atoms with van der Waals surface area (Å²) in [7, 11) is 4.64. The molecule has 2 rings (SSSR count). The van der Waals surface area contributed by atoms with E-state index in [9.17, 15) is 14.4 Å². The van der Waals surface area contributed by atoms with Crippen molar-refractivity contribution in [3.05, 3.63) is 22.5 Å². The van der Waals surface area contributed by atoms with Gasteiger partial charge in [-0.1, -0.05) is 12.8 Å². The molecule has 7 heteroatoms. The highest BCUT2D eigenvalue weighted by Crippen LogP contribution is 2.29. The Bertz CT molecular complexity index is 746. The van der Waals surface area contributed by atoms with Crippen molar-refractivity contribution in [1.29, 1.82) is 0 Å². The molecule has 7 nitrogen and oxygen atoms in total. The summed E-state index contributed by atoms with van der Waals surface area (Å²) in [4.78, 5) is 40.2. The first-order valence-corrected chi connectivity index (χ1v) is 9.84. The van der Waals surface area contributed by atoms with Gasteiger partial charge in [0, 0.05) is 37.9 Å². The summed E-state index contributed by atoms with van der Waals surface area (Å²) in [5.41, 5.74) is 2.12. The zero-order chi connectivity index (χ0) is 21.0. The van der Waals surface area contributed by atoms with E-state index in [0.29, 0.717) is 35.7 Å². The van der Waals surface area contributed by atoms with Crippen LogP contribution in [-0.2, 0) is 21.3 Å². The molecule has 1 amide bonds. The van der Waals surface area contributed by atoms with Crippen LogP contribution < -0.4 is 0 Å². The minimum Gasteiger partial charge on any atom is -0.464 e. The fourth-order valence-corrected chi connectivity index (χ4v) is 4.17. The SMILES string of the molecule is COCCN(C(=O)C1CCCC1)C(C)C(=O)c1c(C)c(C(=O)OC)n(C)c1C. The van der Waals surface area contributed by atoms with Gasteiger partial charge in [0.1, 0.15) is 5.69 Å². The minimum atomic E-state index is -0.631. The fraction of sp³-hybridized carbons (Fsp3) is 0.667. The highest BCUT2D eigenvalue weighted by molar-refractivity contribution is 6.06. The average Bonchev–Trinajstić information content (AvgIpc) is 3.28. The van der Waals surface area contributed by atoms with Crippen LogP contribution in [0, 0.1) is 19.8 Å². The van der Waals surface area contributed by atoms with Crippen molar-refractivity contribution in [2.24, 2.45) is 13.0 Å². The number of amides is 1. The number of ether oxygens (including phenoxy) is 2. The smallest absolute Gasteiger partial charge is 0.354 e. The summed E-state index contributed by atoms with van der Waals surface area (Å²) in [6.07, 6.45) is 3.85. The minimum absolute atomic E-state index is 0.0179. The van der Waals surface area contributed by atoms with Crippen molar-refractivity contribution in [3.63, 3.8) is 0 Å². The first-order chi connectivity index (χ1) is 13.3. The molecule has 0 bridgehead atoms. The zero-order valence-electron chi connectivity index (χ0n) is 17.8. The quantitative estimate of drug-likeness (QED) is 0.502. The summed E-state index contributed by atoms with van der Waals surface area (Å²) >= 11 is 0. The highest BCUT2D eigenvalue weighted by Gasteiger charge is 2.35. The maximum absolute atomic E-state index is 13.4. The van der Waals surface area contributed by atoms with Crippen LogP contribution >= 0.6 is 0 Å². The Labute approximate surface area is 167 Å². The van der Waals surface area contributed by atoms with Gasteiger partial charge in [-0.3, -0.25) is 9.59 Å². The molecule has 1 saturated carbocycles. The van der Waals surface area contributed by atoms with E-state index in [4.69, 9.17) is 9.47 Å². The maximum Gasteiger partial charge on any atom is 0.354 e. The summed E-state index contributed by atoms with van der Waals surface area (Å²) in [6, 6.07) is -0.631. The zero-order valence-corrected chi connectivity index (χ0v) is 17.8. The number of carbonyl (C=O) groups excluding carboxylic acids is 3. The van der Waals surface area contributed by atoms with Gasteiger partial charge in [0.2, 0.25) is 5.91 Å².